The Morgan fingerprint density at radius 1 is 1.15 bits per heavy atom. The van der Waals surface area contributed by atoms with Crippen LogP contribution in [0.4, 0.5) is 0 Å². The lowest BCUT2D eigenvalue weighted by atomic mass is 10.1. The van der Waals surface area contributed by atoms with Gasteiger partial charge in [-0.1, -0.05) is 6.07 Å². The highest BCUT2D eigenvalue weighted by molar-refractivity contribution is 5.97. The summed E-state index contributed by atoms with van der Waals surface area (Å²) in [6.45, 7) is 8.00. The number of nitrogens with zero attached hydrogens (tertiary/aromatic N) is 2. The third-order valence-corrected chi connectivity index (χ3v) is 3.88. The van der Waals surface area contributed by atoms with Crippen LogP contribution in [0.1, 0.15) is 43.6 Å². The zero-order valence-corrected chi connectivity index (χ0v) is 16.3. The molecule has 27 heavy (non-hydrogen) atoms. The summed E-state index contributed by atoms with van der Waals surface area (Å²) in [6.07, 6.45) is 3.44. The molecule has 0 N–H and O–H groups in total. The number of pyridine rings is 1. The van der Waals surface area contributed by atoms with Crippen LogP contribution in [0.25, 0.3) is 0 Å². The SMILES string of the molecule is CCOc1cc(C(=O)N(CC(C)=O)C(C)C)ccc1OCc1cccnc1. The molecule has 0 spiro atoms. The van der Waals surface area contributed by atoms with Crippen molar-refractivity contribution in [1.82, 2.24) is 9.88 Å². The number of hydrogen-bond donors (Lipinski definition) is 0. The van der Waals surface area contributed by atoms with Crippen molar-refractivity contribution in [1.29, 1.82) is 0 Å². The number of benzene rings is 1. The minimum atomic E-state index is -0.208. The Balaban J connectivity index is 2.22. The summed E-state index contributed by atoms with van der Waals surface area (Å²) < 4.78 is 11.5. The molecule has 0 unspecified atom stereocenters. The molecule has 1 aromatic carbocycles. The fraction of sp³-hybridized carbons (Fsp3) is 0.381. The average Bonchev–Trinajstić information content (AvgIpc) is 2.65. The Morgan fingerprint density at radius 3 is 2.52 bits per heavy atom. The second-order valence-electron chi connectivity index (χ2n) is 6.47. The normalized spacial score (nSPS) is 10.6. The van der Waals surface area contributed by atoms with Gasteiger partial charge >= 0.3 is 0 Å². The summed E-state index contributed by atoms with van der Waals surface area (Å²) in [6, 6.07) is 8.77. The summed E-state index contributed by atoms with van der Waals surface area (Å²) in [4.78, 5) is 29.9. The molecule has 6 heteroatoms. The van der Waals surface area contributed by atoms with Gasteiger partial charge in [0.25, 0.3) is 5.91 Å². The molecule has 2 aromatic rings. The molecule has 0 saturated heterocycles. The van der Waals surface area contributed by atoms with Gasteiger partial charge in [0.1, 0.15) is 12.4 Å². The number of hydrogen-bond acceptors (Lipinski definition) is 5. The number of ketones is 1. The Hall–Kier alpha value is -2.89. The third-order valence-electron chi connectivity index (χ3n) is 3.88. The Bertz CT molecular complexity index is 775. The smallest absolute Gasteiger partial charge is 0.254 e. The molecule has 0 bridgehead atoms. The molecule has 1 aromatic heterocycles. The van der Waals surface area contributed by atoms with E-state index in [2.05, 4.69) is 4.98 Å². The quantitative estimate of drug-likeness (QED) is 0.676. The first-order valence-electron chi connectivity index (χ1n) is 9.01. The highest BCUT2D eigenvalue weighted by atomic mass is 16.5. The van der Waals surface area contributed by atoms with Crippen LogP contribution in [-0.2, 0) is 11.4 Å². The van der Waals surface area contributed by atoms with Crippen molar-refractivity contribution in [3.8, 4) is 11.5 Å². The van der Waals surface area contributed by atoms with Gasteiger partial charge in [-0.25, -0.2) is 0 Å². The summed E-state index contributed by atoms with van der Waals surface area (Å²) in [7, 11) is 0. The molecule has 0 aliphatic carbocycles. The molecule has 6 nitrogen and oxygen atoms in total. The van der Waals surface area contributed by atoms with Crippen LogP contribution < -0.4 is 9.47 Å². The Kier molecular flexibility index (Phi) is 7.34. The van der Waals surface area contributed by atoms with E-state index in [0.717, 1.165) is 5.56 Å². The van der Waals surface area contributed by atoms with Crippen molar-refractivity contribution >= 4 is 11.7 Å². The van der Waals surface area contributed by atoms with Crippen LogP contribution in [-0.4, -0.2) is 40.8 Å². The lowest BCUT2D eigenvalue weighted by molar-refractivity contribution is -0.118. The van der Waals surface area contributed by atoms with Crippen LogP contribution in [0.2, 0.25) is 0 Å². The first-order chi connectivity index (χ1) is 12.9. The van der Waals surface area contributed by atoms with E-state index < -0.39 is 0 Å². The standard InChI is InChI=1S/C21H26N2O4/c1-5-26-20-11-18(21(25)23(15(2)3)13-16(4)24)8-9-19(20)27-14-17-7-6-10-22-12-17/h6-12,15H,5,13-14H2,1-4H3. The van der Waals surface area contributed by atoms with Gasteiger partial charge in [0.05, 0.1) is 13.2 Å². The molecule has 144 valence electrons. The molecule has 2 rings (SSSR count). The summed E-state index contributed by atoms with van der Waals surface area (Å²) >= 11 is 0. The van der Waals surface area contributed by atoms with Crippen LogP contribution in [0.15, 0.2) is 42.7 Å². The average molecular weight is 370 g/mol. The van der Waals surface area contributed by atoms with E-state index in [0.29, 0.717) is 30.3 Å². The minimum absolute atomic E-state index is 0.0569. The number of carbonyl (C=O) groups excluding carboxylic acids is 2. The molecular weight excluding hydrogens is 344 g/mol. The summed E-state index contributed by atoms with van der Waals surface area (Å²) in [5, 5.41) is 0. The minimum Gasteiger partial charge on any atom is -0.490 e. The van der Waals surface area contributed by atoms with E-state index in [4.69, 9.17) is 9.47 Å². The van der Waals surface area contributed by atoms with Crippen molar-refractivity contribution in [2.45, 2.75) is 40.3 Å². The van der Waals surface area contributed by atoms with Gasteiger partial charge < -0.3 is 14.4 Å². The molecular formula is C21H26N2O4. The number of ether oxygens (including phenoxy) is 2. The van der Waals surface area contributed by atoms with Crippen LogP contribution in [0.5, 0.6) is 11.5 Å². The first-order valence-corrected chi connectivity index (χ1v) is 9.01. The number of aromatic nitrogens is 1. The number of carbonyl (C=O) groups is 2. The Labute approximate surface area is 160 Å². The van der Waals surface area contributed by atoms with Gasteiger partial charge in [-0.15, -0.1) is 0 Å². The lowest BCUT2D eigenvalue weighted by Crippen LogP contribution is -2.40. The second-order valence-corrected chi connectivity index (χ2v) is 6.47. The van der Waals surface area contributed by atoms with Crippen LogP contribution >= 0.6 is 0 Å². The van der Waals surface area contributed by atoms with Crippen molar-refractivity contribution in [2.24, 2.45) is 0 Å². The fourth-order valence-corrected chi connectivity index (χ4v) is 2.57. The number of amides is 1. The van der Waals surface area contributed by atoms with Gasteiger partial charge in [-0.05, 0) is 52.0 Å². The fourth-order valence-electron chi connectivity index (χ4n) is 2.57. The highest BCUT2D eigenvalue weighted by Crippen LogP contribution is 2.30. The van der Waals surface area contributed by atoms with Crippen molar-refractivity contribution in [3.05, 3.63) is 53.9 Å². The molecule has 0 radical (unpaired) electrons. The van der Waals surface area contributed by atoms with E-state index >= 15 is 0 Å². The van der Waals surface area contributed by atoms with Gasteiger partial charge in [-0.3, -0.25) is 14.6 Å². The van der Waals surface area contributed by atoms with Crippen LogP contribution in [0, 0.1) is 0 Å². The second kappa shape index (κ2) is 9.71. The molecule has 0 fully saturated rings. The number of Topliss-reactive ketones (excluding diaryl/α,β-unsaturated/α-hetero) is 1. The Morgan fingerprint density at radius 2 is 1.93 bits per heavy atom. The first kappa shape index (κ1) is 20.4. The lowest BCUT2D eigenvalue weighted by Gasteiger charge is -2.26. The maximum Gasteiger partial charge on any atom is 0.254 e. The van der Waals surface area contributed by atoms with Gasteiger partial charge in [-0.2, -0.15) is 0 Å². The maximum atomic E-state index is 12.8. The van der Waals surface area contributed by atoms with Crippen LogP contribution in [0.3, 0.4) is 0 Å². The zero-order valence-electron chi connectivity index (χ0n) is 16.3. The largest absolute Gasteiger partial charge is 0.490 e. The van der Waals surface area contributed by atoms with Gasteiger partial charge in [0.15, 0.2) is 11.5 Å². The monoisotopic (exact) mass is 370 g/mol. The molecule has 0 aliphatic heterocycles. The molecule has 1 heterocycles. The third kappa shape index (κ3) is 5.81. The van der Waals surface area contributed by atoms with E-state index in [1.54, 1.807) is 35.5 Å². The predicted octanol–water partition coefficient (Wildman–Crippen LogP) is 3.50. The van der Waals surface area contributed by atoms with Crippen molar-refractivity contribution in [3.63, 3.8) is 0 Å². The van der Waals surface area contributed by atoms with Gasteiger partial charge in [0.2, 0.25) is 0 Å². The summed E-state index contributed by atoms with van der Waals surface area (Å²) in [5.41, 5.74) is 1.40. The van der Waals surface area contributed by atoms with Gasteiger partial charge in [0, 0.05) is 29.6 Å². The zero-order chi connectivity index (χ0) is 19.8. The van der Waals surface area contributed by atoms with Crippen molar-refractivity contribution in [2.75, 3.05) is 13.2 Å². The van der Waals surface area contributed by atoms with E-state index in [-0.39, 0.29) is 24.3 Å². The molecule has 0 aliphatic rings. The topological polar surface area (TPSA) is 68.7 Å². The van der Waals surface area contributed by atoms with E-state index in [1.165, 1.54) is 6.92 Å². The number of rotatable bonds is 9. The van der Waals surface area contributed by atoms with E-state index in [1.807, 2.05) is 32.9 Å². The van der Waals surface area contributed by atoms with Crippen molar-refractivity contribution < 1.29 is 19.1 Å². The predicted molar refractivity (Wildman–Crippen MR) is 103 cm³/mol. The highest BCUT2D eigenvalue weighted by Gasteiger charge is 2.21. The maximum absolute atomic E-state index is 12.8. The summed E-state index contributed by atoms with van der Waals surface area (Å²) in [5.74, 6) is 0.789. The molecule has 0 saturated carbocycles. The van der Waals surface area contributed by atoms with E-state index in [9.17, 15) is 9.59 Å². The molecule has 0 atom stereocenters. The molecule has 1 amide bonds.